The molecular formula is C17H30IN3O2. The van der Waals surface area contributed by atoms with Gasteiger partial charge in [-0.25, -0.2) is 0 Å². The number of nitrogens with one attached hydrogen (secondary N) is 2. The number of aliphatic imine (C=N–C) groups is 1. The highest BCUT2D eigenvalue weighted by Gasteiger charge is 2.06. The van der Waals surface area contributed by atoms with Crippen LogP contribution in [0.1, 0.15) is 27.7 Å². The Hall–Kier alpha value is -1.18. The van der Waals surface area contributed by atoms with Crippen molar-refractivity contribution >= 4 is 29.9 Å². The fraction of sp³-hybridized carbons (Fsp3) is 0.588. The van der Waals surface area contributed by atoms with E-state index in [2.05, 4.69) is 36.4 Å². The van der Waals surface area contributed by atoms with Crippen molar-refractivity contribution in [2.24, 2.45) is 10.9 Å². The monoisotopic (exact) mass is 435 g/mol. The van der Waals surface area contributed by atoms with Gasteiger partial charge in [0.1, 0.15) is 17.6 Å². The van der Waals surface area contributed by atoms with Gasteiger partial charge in [-0.05, 0) is 31.9 Å². The SMILES string of the molecule is CCNC(=NCC(C)C)NCC(C)Oc1cccc(OC)c1.I. The molecule has 0 aliphatic heterocycles. The Balaban J connectivity index is 0.00000484. The number of guanidine groups is 1. The van der Waals surface area contributed by atoms with Crippen LogP contribution in [0.3, 0.4) is 0 Å². The van der Waals surface area contributed by atoms with Gasteiger partial charge in [0.25, 0.3) is 0 Å². The first-order chi connectivity index (χ1) is 10.5. The van der Waals surface area contributed by atoms with Crippen molar-refractivity contribution in [1.82, 2.24) is 10.6 Å². The first kappa shape index (κ1) is 21.8. The predicted molar refractivity (Wildman–Crippen MR) is 107 cm³/mol. The molecule has 0 heterocycles. The van der Waals surface area contributed by atoms with Crippen LogP contribution in [-0.2, 0) is 0 Å². The van der Waals surface area contributed by atoms with Gasteiger partial charge in [-0.15, -0.1) is 24.0 Å². The first-order valence-electron chi connectivity index (χ1n) is 7.88. The average Bonchev–Trinajstić information content (AvgIpc) is 2.50. The standard InChI is InChI=1S/C17H29N3O2.HI/c1-6-18-17(19-11-13(2)3)20-12-14(4)22-16-9-7-8-15(10-16)21-5;/h7-10,13-14H,6,11-12H2,1-5H3,(H2,18,19,20);1H. The predicted octanol–water partition coefficient (Wildman–Crippen LogP) is 3.29. The maximum Gasteiger partial charge on any atom is 0.191 e. The summed E-state index contributed by atoms with van der Waals surface area (Å²) in [5.41, 5.74) is 0. The van der Waals surface area contributed by atoms with Gasteiger partial charge in [-0.1, -0.05) is 19.9 Å². The smallest absolute Gasteiger partial charge is 0.191 e. The average molecular weight is 435 g/mol. The third kappa shape index (κ3) is 9.53. The maximum absolute atomic E-state index is 5.89. The molecule has 0 bridgehead atoms. The highest BCUT2D eigenvalue weighted by atomic mass is 127. The number of ether oxygens (including phenoxy) is 2. The van der Waals surface area contributed by atoms with Gasteiger partial charge in [-0.3, -0.25) is 4.99 Å². The van der Waals surface area contributed by atoms with Crippen LogP contribution in [0, 0.1) is 5.92 Å². The second-order valence-electron chi connectivity index (χ2n) is 5.60. The third-order valence-corrected chi connectivity index (χ3v) is 2.89. The number of hydrogen-bond acceptors (Lipinski definition) is 3. The van der Waals surface area contributed by atoms with Crippen LogP contribution in [-0.4, -0.2) is 38.8 Å². The Morgan fingerprint density at radius 1 is 1.17 bits per heavy atom. The van der Waals surface area contributed by atoms with E-state index in [9.17, 15) is 0 Å². The molecule has 1 aromatic carbocycles. The number of nitrogens with zero attached hydrogens (tertiary/aromatic N) is 1. The highest BCUT2D eigenvalue weighted by Crippen LogP contribution is 2.19. The van der Waals surface area contributed by atoms with E-state index in [1.54, 1.807) is 7.11 Å². The molecule has 1 unspecified atom stereocenters. The van der Waals surface area contributed by atoms with Crippen molar-refractivity contribution in [3.05, 3.63) is 24.3 Å². The summed E-state index contributed by atoms with van der Waals surface area (Å²) >= 11 is 0. The normalized spacial score (nSPS) is 12.3. The van der Waals surface area contributed by atoms with E-state index in [0.717, 1.165) is 30.5 Å². The van der Waals surface area contributed by atoms with Crippen LogP contribution in [0.25, 0.3) is 0 Å². The summed E-state index contributed by atoms with van der Waals surface area (Å²) in [6.45, 7) is 10.7. The van der Waals surface area contributed by atoms with Gasteiger partial charge in [0.05, 0.1) is 13.7 Å². The second-order valence-corrected chi connectivity index (χ2v) is 5.60. The number of rotatable bonds is 8. The molecule has 2 N–H and O–H groups in total. The minimum absolute atomic E-state index is 0. The molecular weight excluding hydrogens is 405 g/mol. The largest absolute Gasteiger partial charge is 0.497 e. The molecule has 0 spiro atoms. The van der Waals surface area contributed by atoms with Gasteiger partial charge in [0.2, 0.25) is 0 Å². The zero-order valence-corrected chi connectivity index (χ0v) is 17.1. The zero-order chi connectivity index (χ0) is 16.4. The van der Waals surface area contributed by atoms with Crippen molar-refractivity contribution in [1.29, 1.82) is 0 Å². The summed E-state index contributed by atoms with van der Waals surface area (Å²) < 4.78 is 11.1. The first-order valence-corrected chi connectivity index (χ1v) is 7.88. The van der Waals surface area contributed by atoms with Crippen molar-refractivity contribution in [3.8, 4) is 11.5 Å². The van der Waals surface area contributed by atoms with Crippen LogP contribution in [0.2, 0.25) is 0 Å². The van der Waals surface area contributed by atoms with Crippen molar-refractivity contribution in [3.63, 3.8) is 0 Å². The maximum atomic E-state index is 5.89. The molecule has 0 saturated carbocycles. The second kappa shape index (κ2) is 12.3. The summed E-state index contributed by atoms with van der Waals surface area (Å²) in [4.78, 5) is 4.54. The molecule has 1 rings (SSSR count). The van der Waals surface area contributed by atoms with E-state index < -0.39 is 0 Å². The molecule has 5 nitrogen and oxygen atoms in total. The molecule has 1 atom stereocenters. The highest BCUT2D eigenvalue weighted by molar-refractivity contribution is 14.0. The molecule has 132 valence electrons. The van der Waals surface area contributed by atoms with Crippen LogP contribution >= 0.6 is 24.0 Å². The van der Waals surface area contributed by atoms with Crippen molar-refractivity contribution < 1.29 is 9.47 Å². The summed E-state index contributed by atoms with van der Waals surface area (Å²) in [5.74, 6) is 2.97. The van der Waals surface area contributed by atoms with Crippen LogP contribution < -0.4 is 20.1 Å². The Morgan fingerprint density at radius 3 is 2.48 bits per heavy atom. The quantitative estimate of drug-likeness (QED) is 0.374. The van der Waals surface area contributed by atoms with Crippen LogP contribution in [0.15, 0.2) is 29.3 Å². The molecule has 0 saturated heterocycles. The molecule has 0 radical (unpaired) electrons. The summed E-state index contributed by atoms with van der Waals surface area (Å²) in [7, 11) is 1.65. The molecule has 0 amide bonds. The van der Waals surface area contributed by atoms with E-state index >= 15 is 0 Å². The number of methoxy groups -OCH3 is 1. The fourth-order valence-corrected chi connectivity index (χ4v) is 1.80. The van der Waals surface area contributed by atoms with Crippen LogP contribution in [0.5, 0.6) is 11.5 Å². The molecule has 0 aliphatic carbocycles. The zero-order valence-electron chi connectivity index (χ0n) is 14.8. The Labute approximate surface area is 157 Å². The lowest BCUT2D eigenvalue weighted by atomic mass is 10.2. The van der Waals surface area contributed by atoms with Gasteiger partial charge in [0, 0.05) is 19.2 Å². The van der Waals surface area contributed by atoms with Gasteiger partial charge >= 0.3 is 0 Å². The molecule has 23 heavy (non-hydrogen) atoms. The number of halogens is 1. The Morgan fingerprint density at radius 2 is 1.87 bits per heavy atom. The molecule has 6 heteroatoms. The Bertz CT molecular complexity index is 467. The van der Waals surface area contributed by atoms with Crippen LogP contribution in [0.4, 0.5) is 0 Å². The van der Waals surface area contributed by atoms with Gasteiger partial charge < -0.3 is 20.1 Å². The summed E-state index contributed by atoms with van der Waals surface area (Å²) in [5, 5.41) is 6.55. The van der Waals surface area contributed by atoms with E-state index in [0.29, 0.717) is 12.5 Å². The van der Waals surface area contributed by atoms with E-state index in [1.165, 1.54) is 0 Å². The molecule has 1 aromatic rings. The Kier molecular flexibility index (Phi) is 11.6. The van der Waals surface area contributed by atoms with E-state index in [4.69, 9.17) is 9.47 Å². The van der Waals surface area contributed by atoms with E-state index in [1.807, 2.05) is 31.2 Å². The lowest BCUT2D eigenvalue weighted by Crippen LogP contribution is -2.42. The minimum atomic E-state index is 0. The minimum Gasteiger partial charge on any atom is -0.497 e. The third-order valence-electron chi connectivity index (χ3n) is 2.89. The molecule has 0 fully saturated rings. The summed E-state index contributed by atoms with van der Waals surface area (Å²) in [6, 6.07) is 7.63. The van der Waals surface area contributed by atoms with Gasteiger partial charge in [-0.2, -0.15) is 0 Å². The molecule has 0 aromatic heterocycles. The molecule has 0 aliphatic rings. The van der Waals surface area contributed by atoms with Gasteiger partial charge in [0.15, 0.2) is 5.96 Å². The summed E-state index contributed by atoms with van der Waals surface area (Å²) in [6.07, 6.45) is 0.0232. The van der Waals surface area contributed by atoms with Crippen molar-refractivity contribution in [2.75, 3.05) is 26.7 Å². The number of hydrogen-bond donors (Lipinski definition) is 2. The topological polar surface area (TPSA) is 54.9 Å². The van der Waals surface area contributed by atoms with Crippen molar-refractivity contribution in [2.45, 2.75) is 33.8 Å². The fourth-order valence-electron chi connectivity index (χ4n) is 1.80. The number of benzene rings is 1. The lowest BCUT2D eigenvalue weighted by molar-refractivity contribution is 0.223. The van der Waals surface area contributed by atoms with E-state index in [-0.39, 0.29) is 30.1 Å². The lowest BCUT2D eigenvalue weighted by Gasteiger charge is -2.18.